The van der Waals surface area contributed by atoms with Crippen molar-refractivity contribution in [1.82, 2.24) is 14.1 Å². The van der Waals surface area contributed by atoms with Gasteiger partial charge in [-0.3, -0.25) is 8.99 Å². The summed E-state index contributed by atoms with van der Waals surface area (Å²) in [6.07, 6.45) is 7.37. The lowest BCUT2D eigenvalue weighted by Crippen LogP contribution is -2.31. The molecule has 0 aromatic carbocycles. The molecule has 3 nitrogen and oxygen atoms in total. The molecule has 0 unspecified atom stereocenters. The van der Waals surface area contributed by atoms with Gasteiger partial charge < -0.3 is 0 Å². The van der Waals surface area contributed by atoms with E-state index in [2.05, 4.69) is 39.9 Å². The molecule has 2 aliphatic rings. The third kappa shape index (κ3) is 2.52. The smallest absolute Gasteiger partial charge is 0.0547 e. The van der Waals surface area contributed by atoms with Crippen molar-refractivity contribution < 1.29 is 0 Å². The quantitative estimate of drug-likeness (QED) is 0.771. The topological polar surface area (TPSA) is 21.1 Å². The van der Waals surface area contributed by atoms with Crippen LogP contribution in [0.15, 0.2) is 6.20 Å². The van der Waals surface area contributed by atoms with Gasteiger partial charge in [0.25, 0.3) is 0 Å². The zero-order valence-electron chi connectivity index (χ0n) is 10.7. The first-order valence-corrected chi connectivity index (χ1v) is 7.50. The number of hydrogen-bond donors (Lipinski definition) is 0. The van der Waals surface area contributed by atoms with E-state index < -0.39 is 0 Å². The summed E-state index contributed by atoms with van der Waals surface area (Å²) in [6, 6.07) is 0.625. The molecule has 1 aromatic rings. The van der Waals surface area contributed by atoms with Crippen LogP contribution in [0.1, 0.15) is 43.0 Å². The zero-order chi connectivity index (χ0) is 11.8. The summed E-state index contributed by atoms with van der Waals surface area (Å²) in [5, 5.41) is 5.47. The van der Waals surface area contributed by atoms with E-state index in [1.54, 1.807) is 0 Å². The van der Waals surface area contributed by atoms with Crippen molar-refractivity contribution in [2.45, 2.75) is 50.8 Å². The van der Waals surface area contributed by atoms with Crippen molar-refractivity contribution in [3.8, 4) is 0 Å². The third-order valence-electron chi connectivity index (χ3n) is 3.88. The van der Waals surface area contributed by atoms with Crippen LogP contribution in [0.4, 0.5) is 0 Å². The summed E-state index contributed by atoms with van der Waals surface area (Å²) in [6.45, 7) is 6.79. The standard InChI is InChI=1S/C13H21N3S/c1-10-9-14-16(11(10)2)12-5-7-15(8-6-12)17-13-3-4-13/h9,12-13H,3-8H2,1-2H3. The van der Waals surface area contributed by atoms with Gasteiger partial charge in [0.05, 0.1) is 12.2 Å². The lowest BCUT2D eigenvalue weighted by molar-refractivity contribution is 0.272. The number of rotatable bonds is 3. The summed E-state index contributed by atoms with van der Waals surface area (Å²) in [7, 11) is 0. The van der Waals surface area contributed by atoms with Gasteiger partial charge in [0, 0.05) is 24.0 Å². The number of aryl methyl sites for hydroxylation is 1. The van der Waals surface area contributed by atoms with E-state index in [4.69, 9.17) is 0 Å². The first-order valence-electron chi connectivity index (χ1n) is 6.66. The van der Waals surface area contributed by atoms with Crippen molar-refractivity contribution in [3.05, 3.63) is 17.5 Å². The predicted molar refractivity (Wildman–Crippen MR) is 72.2 cm³/mol. The number of aromatic nitrogens is 2. The number of nitrogens with zero attached hydrogens (tertiary/aromatic N) is 3. The highest BCUT2D eigenvalue weighted by Crippen LogP contribution is 2.38. The van der Waals surface area contributed by atoms with E-state index >= 15 is 0 Å². The second-order valence-electron chi connectivity index (χ2n) is 5.32. The van der Waals surface area contributed by atoms with Gasteiger partial charge in [0.1, 0.15) is 0 Å². The molecule has 0 bridgehead atoms. The Hall–Kier alpha value is -0.480. The molecule has 2 fully saturated rings. The van der Waals surface area contributed by atoms with Gasteiger partial charge in [-0.2, -0.15) is 5.10 Å². The highest BCUT2D eigenvalue weighted by molar-refractivity contribution is 7.97. The average molecular weight is 251 g/mol. The van der Waals surface area contributed by atoms with E-state index in [0.717, 1.165) is 5.25 Å². The summed E-state index contributed by atoms with van der Waals surface area (Å²) in [5.74, 6) is 0. The fraction of sp³-hybridized carbons (Fsp3) is 0.769. The van der Waals surface area contributed by atoms with E-state index in [1.807, 2.05) is 6.20 Å². The maximum Gasteiger partial charge on any atom is 0.0547 e. The summed E-state index contributed by atoms with van der Waals surface area (Å²) in [5.41, 5.74) is 2.66. The van der Waals surface area contributed by atoms with Crippen LogP contribution in [-0.2, 0) is 0 Å². The van der Waals surface area contributed by atoms with Gasteiger partial charge in [-0.25, -0.2) is 0 Å². The molecule has 0 atom stereocenters. The number of piperidine rings is 1. The summed E-state index contributed by atoms with van der Waals surface area (Å²) in [4.78, 5) is 0. The van der Waals surface area contributed by atoms with Crippen LogP contribution in [0, 0.1) is 13.8 Å². The largest absolute Gasteiger partial charge is 0.266 e. The van der Waals surface area contributed by atoms with Crippen LogP contribution in [0.25, 0.3) is 0 Å². The van der Waals surface area contributed by atoms with Crippen molar-refractivity contribution >= 4 is 11.9 Å². The van der Waals surface area contributed by atoms with Crippen LogP contribution in [-0.4, -0.2) is 32.4 Å². The molecule has 0 radical (unpaired) electrons. The molecule has 1 aliphatic heterocycles. The maximum absolute atomic E-state index is 4.53. The van der Waals surface area contributed by atoms with Gasteiger partial charge in [0.2, 0.25) is 0 Å². The Morgan fingerprint density at radius 1 is 1.18 bits per heavy atom. The number of hydrogen-bond acceptors (Lipinski definition) is 3. The van der Waals surface area contributed by atoms with Crippen LogP contribution in [0.5, 0.6) is 0 Å². The van der Waals surface area contributed by atoms with Gasteiger partial charge in [-0.1, -0.05) is 11.9 Å². The lowest BCUT2D eigenvalue weighted by atomic mass is 10.1. The first kappa shape index (κ1) is 11.6. The highest BCUT2D eigenvalue weighted by atomic mass is 32.2. The predicted octanol–water partition coefficient (Wildman–Crippen LogP) is 2.95. The maximum atomic E-state index is 4.53. The van der Waals surface area contributed by atoms with Crippen LogP contribution in [0.3, 0.4) is 0 Å². The Morgan fingerprint density at radius 3 is 2.41 bits per heavy atom. The third-order valence-corrected chi connectivity index (χ3v) is 5.31. The van der Waals surface area contributed by atoms with E-state index in [0.29, 0.717) is 6.04 Å². The summed E-state index contributed by atoms with van der Waals surface area (Å²) >= 11 is 2.10. The zero-order valence-corrected chi connectivity index (χ0v) is 11.5. The van der Waals surface area contributed by atoms with E-state index in [9.17, 15) is 0 Å². The molecule has 1 aliphatic carbocycles. The molecule has 17 heavy (non-hydrogen) atoms. The Balaban J connectivity index is 1.58. The molecule has 2 heterocycles. The van der Waals surface area contributed by atoms with Crippen molar-refractivity contribution in [2.75, 3.05) is 13.1 Å². The van der Waals surface area contributed by atoms with Crippen molar-refractivity contribution in [2.24, 2.45) is 0 Å². The lowest BCUT2D eigenvalue weighted by Gasteiger charge is -2.31. The van der Waals surface area contributed by atoms with Gasteiger partial charge in [-0.15, -0.1) is 0 Å². The normalized spacial score (nSPS) is 23.2. The van der Waals surface area contributed by atoms with Gasteiger partial charge in [0.15, 0.2) is 0 Å². The Kier molecular flexibility index (Phi) is 3.17. The molecule has 4 heteroatoms. The van der Waals surface area contributed by atoms with Crippen LogP contribution in [0.2, 0.25) is 0 Å². The molecule has 1 saturated carbocycles. The molecular formula is C13H21N3S. The minimum absolute atomic E-state index is 0.625. The molecule has 1 saturated heterocycles. The Labute approximate surface area is 108 Å². The van der Waals surface area contributed by atoms with Crippen LogP contribution < -0.4 is 0 Å². The van der Waals surface area contributed by atoms with Crippen molar-refractivity contribution in [1.29, 1.82) is 0 Å². The minimum atomic E-state index is 0.625. The molecule has 0 amide bonds. The molecule has 1 aromatic heterocycles. The first-order chi connectivity index (χ1) is 8.24. The minimum Gasteiger partial charge on any atom is -0.266 e. The Bertz CT molecular complexity index is 389. The monoisotopic (exact) mass is 251 g/mol. The Morgan fingerprint density at radius 2 is 1.88 bits per heavy atom. The SMILES string of the molecule is Cc1cnn(C2CCN(SC3CC3)CC2)c1C. The fourth-order valence-electron chi connectivity index (χ4n) is 2.45. The average Bonchev–Trinajstić information content (AvgIpc) is 3.09. The molecule has 94 valence electrons. The molecule has 3 rings (SSSR count). The molecular weight excluding hydrogens is 230 g/mol. The van der Waals surface area contributed by atoms with E-state index in [-0.39, 0.29) is 0 Å². The van der Waals surface area contributed by atoms with E-state index in [1.165, 1.54) is 50.0 Å². The fourth-order valence-corrected chi connectivity index (χ4v) is 3.64. The van der Waals surface area contributed by atoms with Gasteiger partial charge in [-0.05, 0) is 45.1 Å². The second kappa shape index (κ2) is 4.65. The summed E-state index contributed by atoms with van der Waals surface area (Å²) < 4.78 is 4.81. The van der Waals surface area contributed by atoms with Gasteiger partial charge >= 0.3 is 0 Å². The van der Waals surface area contributed by atoms with Crippen molar-refractivity contribution in [3.63, 3.8) is 0 Å². The highest BCUT2D eigenvalue weighted by Gasteiger charge is 2.29. The second-order valence-corrected chi connectivity index (χ2v) is 6.72. The molecule has 0 N–H and O–H groups in total. The molecule has 0 spiro atoms. The van der Waals surface area contributed by atoms with Crippen LogP contribution >= 0.6 is 11.9 Å².